The fraction of sp³-hybridized carbons (Fsp3) is 0.250. The number of carbonyl (C=O) groups is 1. The first kappa shape index (κ1) is 19.4. The van der Waals surface area contributed by atoms with Crippen molar-refractivity contribution < 1.29 is 56.5 Å². The summed E-state index contributed by atoms with van der Waals surface area (Å²) < 4.78 is 6.87. The van der Waals surface area contributed by atoms with Crippen LogP contribution in [0.3, 0.4) is 0 Å². The number of rotatable bonds is 5. The molecule has 0 bridgehead atoms. The van der Waals surface area contributed by atoms with Crippen LogP contribution in [0.2, 0.25) is 0 Å². The number of aromatic nitrogens is 1. The van der Waals surface area contributed by atoms with Crippen LogP contribution in [0.5, 0.6) is 0 Å². The number of aryl methyl sites for hydroxylation is 2. The van der Waals surface area contributed by atoms with Crippen molar-refractivity contribution in [2.24, 2.45) is 12.0 Å². The van der Waals surface area contributed by atoms with Gasteiger partial charge in [-0.3, -0.25) is 4.79 Å². The summed E-state index contributed by atoms with van der Waals surface area (Å²) in [5, 5.41) is 0. The third-order valence-electron chi connectivity index (χ3n) is 2.76. The predicted molar refractivity (Wildman–Crippen MR) is 83.4 cm³/mol. The Kier molecular flexibility index (Phi) is 8.39. The van der Waals surface area contributed by atoms with Gasteiger partial charge in [-0.15, -0.1) is 0 Å². The standard InChI is InChI=1S/C16H17N2O2S.Yb/c1-4-9-20-15(19)10-13-7-5-6-8-14(13)17-16-18(3)11-12(2)21-16;/h4-8H,1,9-10H2,2-3H3;/q-1;. The first-order valence-corrected chi connectivity index (χ1v) is 7.36. The van der Waals surface area contributed by atoms with Crippen molar-refractivity contribution >= 4 is 23.0 Å². The maximum Gasteiger partial charge on any atom is 0.310 e. The van der Waals surface area contributed by atoms with Gasteiger partial charge in [0.25, 0.3) is 0 Å². The summed E-state index contributed by atoms with van der Waals surface area (Å²) in [6.45, 7) is 5.74. The Morgan fingerprint density at radius 1 is 1.50 bits per heavy atom. The van der Waals surface area contributed by atoms with Gasteiger partial charge < -0.3 is 14.3 Å². The molecule has 4 nitrogen and oxygen atoms in total. The molecule has 0 unspecified atom stereocenters. The molecular formula is C16H17N2O2SYb-. The molecule has 2 aromatic rings. The van der Waals surface area contributed by atoms with Crippen LogP contribution in [0, 0.1) is 60.0 Å². The summed E-state index contributed by atoms with van der Waals surface area (Å²) in [5.74, 6) is -0.282. The summed E-state index contributed by atoms with van der Waals surface area (Å²) in [6.07, 6.45) is 4.91. The van der Waals surface area contributed by atoms with E-state index in [1.54, 1.807) is 17.4 Å². The molecule has 1 heterocycles. The maximum atomic E-state index is 11.7. The van der Waals surface area contributed by atoms with Gasteiger partial charge in [-0.05, 0) is 25.6 Å². The molecule has 0 aliphatic heterocycles. The second-order valence-electron chi connectivity index (χ2n) is 4.50. The van der Waals surface area contributed by atoms with E-state index >= 15 is 0 Å². The number of para-hydroxylation sites is 1. The van der Waals surface area contributed by atoms with Crippen LogP contribution in [0.1, 0.15) is 10.4 Å². The van der Waals surface area contributed by atoms with Crippen molar-refractivity contribution in [2.75, 3.05) is 6.61 Å². The smallest absolute Gasteiger partial charge is 0.310 e. The number of benzene rings is 1. The maximum absolute atomic E-state index is 11.7. The van der Waals surface area contributed by atoms with Gasteiger partial charge in [-0.1, -0.05) is 35.7 Å². The molecule has 0 spiro atoms. The Balaban J connectivity index is 0.00000242. The first-order chi connectivity index (χ1) is 10.1. The molecule has 0 fully saturated rings. The van der Waals surface area contributed by atoms with Gasteiger partial charge in [0, 0.05) is 57.4 Å². The minimum absolute atomic E-state index is 0. The molecule has 22 heavy (non-hydrogen) atoms. The van der Waals surface area contributed by atoms with E-state index in [1.807, 2.05) is 42.8 Å². The monoisotopic (exact) mass is 475 g/mol. The van der Waals surface area contributed by atoms with Gasteiger partial charge in [-0.25, -0.2) is 11.3 Å². The van der Waals surface area contributed by atoms with Gasteiger partial charge >= 0.3 is 5.97 Å². The summed E-state index contributed by atoms with van der Waals surface area (Å²) in [4.78, 5) is 18.3. The molecule has 1 aromatic heterocycles. The van der Waals surface area contributed by atoms with Crippen LogP contribution in [0.25, 0.3) is 0 Å². The molecule has 0 N–H and O–H groups in total. The van der Waals surface area contributed by atoms with E-state index in [0.717, 1.165) is 20.9 Å². The minimum Gasteiger partial charge on any atom is -0.490 e. The fourth-order valence-electron chi connectivity index (χ4n) is 1.84. The molecule has 2 rings (SSSR count). The number of hydrogen-bond donors (Lipinski definition) is 0. The van der Waals surface area contributed by atoms with Crippen LogP contribution in [-0.4, -0.2) is 17.1 Å². The second-order valence-corrected chi connectivity index (χ2v) is 5.68. The van der Waals surface area contributed by atoms with E-state index in [2.05, 4.69) is 17.8 Å². The SMILES string of the molecule is C=CCOC(=O)Cc1ccccc1N=c1sc(C)[c-]n1C.[Yb]. The molecule has 0 saturated heterocycles. The largest absolute Gasteiger partial charge is 0.490 e. The Morgan fingerprint density at radius 3 is 2.86 bits per heavy atom. The van der Waals surface area contributed by atoms with E-state index in [-0.39, 0.29) is 65.9 Å². The molecule has 0 amide bonds. The van der Waals surface area contributed by atoms with Gasteiger partial charge in [-0.2, -0.15) is 6.20 Å². The van der Waals surface area contributed by atoms with Gasteiger partial charge in [0.05, 0.1) is 6.42 Å². The quantitative estimate of drug-likeness (QED) is 0.380. The number of esters is 1. The summed E-state index contributed by atoms with van der Waals surface area (Å²) in [7, 11) is 1.91. The van der Waals surface area contributed by atoms with Crippen molar-refractivity contribution in [3.63, 3.8) is 0 Å². The zero-order valence-corrected chi connectivity index (χ0v) is 14.9. The van der Waals surface area contributed by atoms with E-state index in [1.165, 1.54) is 0 Å². The fourth-order valence-corrected chi connectivity index (χ4v) is 2.62. The number of thiazole rings is 1. The predicted octanol–water partition coefficient (Wildman–Crippen LogP) is 2.70. The van der Waals surface area contributed by atoms with Crippen LogP contribution in [-0.2, 0) is 23.0 Å². The Labute approximate surface area is 172 Å². The molecular weight excluding hydrogens is 457 g/mol. The van der Waals surface area contributed by atoms with Gasteiger partial charge in [0.1, 0.15) is 6.61 Å². The van der Waals surface area contributed by atoms with Crippen LogP contribution < -0.4 is 4.80 Å². The van der Waals surface area contributed by atoms with Crippen molar-refractivity contribution in [1.29, 1.82) is 0 Å². The van der Waals surface area contributed by atoms with Crippen LogP contribution in [0.4, 0.5) is 5.69 Å². The van der Waals surface area contributed by atoms with Gasteiger partial charge in [0.15, 0.2) is 0 Å². The second kappa shape index (κ2) is 9.50. The number of nitrogens with zero attached hydrogens (tertiary/aromatic N) is 2. The summed E-state index contributed by atoms with van der Waals surface area (Å²) in [5.41, 5.74) is 1.62. The normalized spacial score (nSPS) is 10.9. The molecule has 0 radical (unpaired) electrons. The summed E-state index contributed by atoms with van der Waals surface area (Å²) in [6, 6.07) is 7.58. The first-order valence-electron chi connectivity index (χ1n) is 6.55. The zero-order chi connectivity index (χ0) is 15.2. The third-order valence-corrected chi connectivity index (χ3v) is 3.71. The summed E-state index contributed by atoms with van der Waals surface area (Å²) >= 11 is 1.56. The third kappa shape index (κ3) is 5.54. The van der Waals surface area contributed by atoms with E-state index < -0.39 is 0 Å². The molecule has 0 aliphatic carbocycles. The Bertz CT molecular complexity index is 719. The van der Waals surface area contributed by atoms with Crippen molar-refractivity contribution in [2.45, 2.75) is 13.3 Å². The average molecular weight is 474 g/mol. The zero-order valence-electron chi connectivity index (χ0n) is 12.4. The Hall–Kier alpha value is -0.621. The molecule has 1 aromatic carbocycles. The molecule has 6 heteroatoms. The molecule has 0 atom stereocenters. The molecule has 0 saturated carbocycles. The minimum atomic E-state index is -0.282. The van der Waals surface area contributed by atoms with Gasteiger partial charge in [0.2, 0.25) is 0 Å². The van der Waals surface area contributed by atoms with Crippen molar-refractivity contribution in [3.8, 4) is 0 Å². The van der Waals surface area contributed by atoms with E-state index in [9.17, 15) is 4.79 Å². The number of hydrogen-bond acceptors (Lipinski definition) is 4. The number of carbonyl (C=O) groups excluding carboxylic acids is 1. The van der Waals surface area contributed by atoms with E-state index in [4.69, 9.17) is 4.74 Å². The Morgan fingerprint density at radius 2 is 2.23 bits per heavy atom. The van der Waals surface area contributed by atoms with Crippen molar-refractivity contribution in [3.05, 3.63) is 58.4 Å². The topological polar surface area (TPSA) is 43.6 Å². The molecule has 0 aliphatic rings. The van der Waals surface area contributed by atoms with Crippen molar-refractivity contribution in [1.82, 2.24) is 4.57 Å². The average Bonchev–Trinajstić information content (AvgIpc) is 2.77. The van der Waals surface area contributed by atoms with Crippen LogP contribution >= 0.6 is 11.3 Å². The van der Waals surface area contributed by atoms with E-state index in [0.29, 0.717) is 0 Å². The molecule has 124 valence electrons. The number of ether oxygens (including phenoxy) is 1. The van der Waals surface area contributed by atoms with Crippen LogP contribution in [0.15, 0.2) is 41.9 Å².